The van der Waals surface area contributed by atoms with Gasteiger partial charge in [0.15, 0.2) is 0 Å². The zero-order valence-electron chi connectivity index (χ0n) is 13.3. The molecule has 1 aromatic heterocycles. The van der Waals surface area contributed by atoms with Gasteiger partial charge in [0.1, 0.15) is 11.1 Å². The first-order chi connectivity index (χ1) is 10.8. The van der Waals surface area contributed by atoms with Gasteiger partial charge in [-0.05, 0) is 39.2 Å². The molecule has 1 saturated heterocycles. The molecule has 7 nitrogen and oxygen atoms in total. The van der Waals surface area contributed by atoms with Crippen molar-refractivity contribution in [3.8, 4) is 0 Å². The van der Waals surface area contributed by atoms with E-state index in [9.17, 15) is 14.4 Å². The quantitative estimate of drug-likeness (QED) is 0.795. The van der Waals surface area contributed by atoms with Crippen molar-refractivity contribution in [3.05, 3.63) is 16.0 Å². The molecule has 8 heteroatoms. The molecule has 1 atom stereocenters. The summed E-state index contributed by atoms with van der Waals surface area (Å²) in [4.78, 5) is 36.2. The van der Waals surface area contributed by atoms with E-state index < -0.39 is 18.0 Å². The maximum Gasteiger partial charge on any atom is 0.341 e. The topological polar surface area (TPSA) is 108 Å². The van der Waals surface area contributed by atoms with Crippen LogP contribution in [0.15, 0.2) is 0 Å². The van der Waals surface area contributed by atoms with Crippen molar-refractivity contribution in [3.63, 3.8) is 0 Å². The number of carbonyl (C=O) groups is 3. The van der Waals surface area contributed by atoms with Gasteiger partial charge in [-0.2, -0.15) is 0 Å². The van der Waals surface area contributed by atoms with E-state index in [-0.39, 0.29) is 27.5 Å². The Kier molecular flexibility index (Phi) is 5.38. The van der Waals surface area contributed by atoms with Gasteiger partial charge in [0.2, 0.25) is 0 Å². The maximum atomic E-state index is 12.3. The zero-order valence-corrected chi connectivity index (χ0v) is 14.1. The summed E-state index contributed by atoms with van der Waals surface area (Å²) in [6, 6.07) is 0. The van der Waals surface area contributed by atoms with Crippen molar-refractivity contribution in [2.45, 2.75) is 45.8 Å². The van der Waals surface area contributed by atoms with Gasteiger partial charge in [-0.3, -0.25) is 9.59 Å². The van der Waals surface area contributed by atoms with Crippen LogP contribution >= 0.6 is 11.3 Å². The minimum atomic E-state index is -0.649. The van der Waals surface area contributed by atoms with Crippen molar-refractivity contribution in [2.24, 2.45) is 5.73 Å². The number of esters is 1. The molecule has 23 heavy (non-hydrogen) atoms. The van der Waals surface area contributed by atoms with Crippen LogP contribution in [0.4, 0.5) is 5.00 Å². The smallest absolute Gasteiger partial charge is 0.341 e. The van der Waals surface area contributed by atoms with Crippen LogP contribution in [0.2, 0.25) is 0 Å². The van der Waals surface area contributed by atoms with Crippen molar-refractivity contribution in [1.29, 1.82) is 0 Å². The van der Waals surface area contributed by atoms with Gasteiger partial charge in [0.05, 0.1) is 16.5 Å². The third-order valence-corrected chi connectivity index (χ3v) is 4.60. The van der Waals surface area contributed by atoms with Gasteiger partial charge in [-0.15, -0.1) is 11.3 Å². The van der Waals surface area contributed by atoms with Crippen LogP contribution in [0.5, 0.6) is 0 Å². The van der Waals surface area contributed by atoms with E-state index in [4.69, 9.17) is 15.2 Å². The molecule has 2 heterocycles. The molecule has 2 amide bonds. The molecule has 0 bridgehead atoms. The summed E-state index contributed by atoms with van der Waals surface area (Å²) < 4.78 is 10.5. The fourth-order valence-electron chi connectivity index (χ4n) is 2.33. The van der Waals surface area contributed by atoms with Crippen LogP contribution in [-0.4, -0.2) is 36.6 Å². The lowest BCUT2D eigenvalue weighted by Crippen LogP contribution is -2.27. The number of nitrogens with one attached hydrogen (secondary N) is 1. The third kappa shape index (κ3) is 3.89. The Bertz CT molecular complexity index is 632. The summed E-state index contributed by atoms with van der Waals surface area (Å²) in [5.41, 5.74) is 5.92. The van der Waals surface area contributed by atoms with E-state index in [0.717, 1.165) is 17.8 Å². The average Bonchev–Trinajstić information content (AvgIpc) is 3.05. The molecule has 1 aromatic rings. The highest BCUT2D eigenvalue weighted by molar-refractivity contribution is 7.18. The number of amides is 2. The first-order valence-corrected chi connectivity index (χ1v) is 8.19. The highest BCUT2D eigenvalue weighted by Crippen LogP contribution is 2.34. The molecule has 1 unspecified atom stereocenters. The van der Waals surface area contributed by atoms with E-state index in [0.29, 0.717) is 18.6 Å². The molecule has 1 aliphatic heterocycles. The lowest BCUT2D eigenvalue weighted by atomic mass is 10.1. The number of ether oxygens (including phenoxy) is 2. The van der Waals surface area contributed by atoms with E-state index in [1.54, 1.807) is 20.8 Å². The third-order valence-electron chi connectivity index (χ3n) is 3.38. The van der Waals surface area contributed by atoms with E-state index >= 15 is 0 Å². The summed E-state index contributed by atoms with van der Waals surface area (Å²) in [6.07, 6.45) is 0.588. The van der Waals surface area contributed by atoms with Crippen LogP contribution in [0.3, 0.4) is 0 Å². The van der Waals surface area contributed by atoms with Crippen LogP contribution in [0.25, 0.3) is 0 Å². The summed E-state index contributed by atoms with van der Waals surface area (Å²) in [7, 11) is 0. The van der Waals surface area contributed by atoms with Crippen LogP contribution in [0.1, 0.15) is 52.3 Å². The molecule has 0 aromatic carbocycles. The predicted molar refractivity (Wildman–Crippen MR) is 85.7 cm³/mol. The number of hydrogen-bond acceptors (Lipinski definition) is 6. The van der Waals surface area contributed by atoms with Crippen molar-refractivity contribution < 1.29 is 23.9 Å². The van der Waals surface area contributed by atoms with E-state index in [2.05, 4.69) is 5.32 Å². The number of primary amides is 1. The standard InChI is InChI=1S/C15H20N2O5S/c1-7(2)22-15(20)10-8(3)11(12(16)18)23-14(10)17-13(19)9-5-4-6-21-9/h7,9H,4-6H2,1-3H3,(H2,16,18)(H,17,19). The minimum Gasteiger partial charge on any atom is -0.459 e. The minimum absolute atomic E-state index is 0.170. The normalized spacial score (nSPS) is 17.3. The first kappa shape index (κ1) is 17.4. The Balaban J connectivity index is 2.32. The number of rotatable bonds is 5. The maximum absolute atomic E-state index is 12.3. The van der Waals surface area contributed by atoms with Gasteiger partial charge >= 0.3 is 5.97 Å². The molecular formula is C15H20N2O5S. The number of nitrogens with two attached hydrogens (primary N) is 1. The van der Waals surface area contributed by atoms with Crippen molar-refractivity contribution in [2.75, 3.05) is 11.9 Å². The molecule has 3 N–H and O–H groups in total. The van der Waals surface area contributed by atoms with Crippen LogP contribution < -0.4 is 11.1 Å². The fourth-order valence-corrected chi connectivity index (χ4v) is 3.38. The molecule has 0 radical (unpaired) electrons. The second-order valence-corrected chi connectivity index (χ2v) is 6.59. The monoisotopic (exact) mass is 340 g/mol. The second kappa shape index (κ2) is 7.10. The van der Waals surface area contributed by atoms with Crippen molar-refractivity contribution >= 4 is 34.1 Å². The predicted octanol–water partition coefficient (Wildman–Crippen LogP) is 1.84. The van der Waals surface area contributed by atoms with Gasteiger partial charge in [-0.25, -0.2) is 4.79 Å². The van der Waals surface area contributed by atoms with Crippen LogP contribution in [-0.2, 0) is 14.3 Å². The number of hydrogen-bond donors (Lipinski definition) is 2. The molecule has 0 saturated carbocycles. The fraction of sp³-hybridized carbons (Fsp3) is 0.533. The van der Waals surface area contributed by atoms with Gasteiger partial charge in [-0.1, -0.05) is 0 Å². The lowest BCUT2D eigenvalue weighted by molar-refractivity contribution is -0.124. The molecule has 1 aliphatic rings. The summed E-state index contributed by atoms with van der Waals surface area (Å²) in [6.45, 7) is 5.59. The summed E-state index contributed by atoms with van der Waals surface area (Å²) >= 11 is 0.974. The molecule has 126 valence electrons. The Morgan fingerprint density at radius 2 is 2.09 bits per heavy atom. The highest BCUT2D eigenvalue weighted by Gasteiger charge is 2.29. The summed E-state index contributed by atoms with van der Waals surface area (Å²) in [5.74, 6) is -1.58. The van der Waals surface area contributed by atoms with Crippen LogP contribution in [0, 0.1) is 6.92 Å². The number of carbonyl (C=O) groups excluding carboxylic acids is 3. The molecular weight excluding hydrogens is 320 g/mol. The van der Waals surface area contributed by atoms with Gasteiger partial charge in [0.25, 0.3) is 11.8 Å². The Morgan fingerprint density at radius 1 is 1.39 bits per heavy atom. The average molecular weight is 340 g/mol. The number of anilines is 1. The second-order valence-electron chi connectivity index (χ2n) is 5.57. The Labute approximate surface area is 138 Å². The van der Waals surface area contributed by atoms with E-state index in [1.807, 2.05) is 0 Å². The zero-order chi connectivity index (χ0) is 17.1. The number of thiophene rings is 1. The van der Waals surface area contributed by atoms with E-state index in [1.165, 1.54) is 0 Å². The first-order valence-electron chi connectivity index (χ1n) is 7.38. The SMILES string of the molecule is Cc1c(C(N)=O)sc(NC(=O)C2CCCO2)c1C(=O)OC(C)C. The van der Waals surface area contributed by atoms with Crippen molar-refractivity contribution in [1.82, 2.24) is 0 Å². The molecule has 1 fully saturated rings. The Morgan fingerprint density at radius 3 is 2.61 bits per heavy atom. The molecule has 2 rings (SSSR count). The summed E-state index contributed by atoms with van der Waals surface area (Å²) in [5, 5.41) is 2.93. The Hall–Kier alpha value is -1.93. The molecule has 0 aliphatic carbocycles. The lowest BCUT2D eigenvalue weighted by Gasteiger charge is -2.12. The molecule has 0 spiro atoms. The van der Waals surface area contributed by atoms with Gasteiger partial charge in [0, 0.05) is 6.61 Å². The van der Waals surface area contributed by atoms with Gasteiger partial charge < -0.3 is 20.5 Å². The highest BCUT2D eigenvalue weighted by atomic mass is 32.1. The largest absolute Gasteiger partial charge is 0.459 e.